The van der Waals surface area contributed by atoms with Gasteiger partial charge in [-0.25, -0.2) is 13.4 Å². The van der Waals surface area contributed by atoms with Crippen LogP contribution in [0, 0.1) is 11.8 Å². The van der Waals surface area contributed by atoms with Gasteiger partial charge in [-0.05, 0) is 67.2 Å². The van der Waals surface area contributed by atoms with Gasteiger partial charge in [0.1, 0.15) is 0 Å². The van der Waals surface area contributed by atoms with E-state index in [0.717, 1.165) is 36.8 Å². The second-order valence-corrected chi connectivity index (χ2v) is 10.7. The number of fused-ring (bicyclic) bond motifs is 2. The molecule has 0 amide bonds. The third-order valence-corrected chi connectivity index (χ3v) is 8.85. The number of aromatic nitrogens is 1. The van der Waals surface area contributed by atoms with Gasteiger partial charge in [-0.3, -0.25) is 0 Å². The van der Waals surface area contributed by atoms with E-state index in [1.54, 1.807) is 10.5 Å². The molecule has 1 N–H and O–H groups in total. The number of hydrogen-bond donors (Lipinski definition) is 1. The van der Waals surface area contributed by atoms with Crippen LogP contribution in [0.25, 0.3) is 11.1 Å². The van der Waals surface area contributed by atoms with Crippen molar-refractivity contribution < 1.29 is 8.42 Å². The quantitative estimate of drug-likeness (QED) is 0.785. The van der Waals surface area contributed by atoms with Crippen molar-refractivity contribution in [3.63, 3.8) is 0 Å². The molecule has 1 saturated heterocycles. The van der Waals surface area contributed by atoms with E-state index in [0.29, 0.717) is 24.7 Å². The Balaban J connectivity index is 1.32. The number of rotatable bonds is 6. The maximum atomic E-state index is 13.1. The minimum absolute atomic E-state index is 0.176. The van der Waals surface area contributed by atoms with Gasteiger partial charge in [0, 0.05) is 37.4 Å². The van der Waals surface area contributed by atoms with Crippen molar-refractivity contribution >= 4 is 10.0 Å². The third kappa shape index (κ3) is 3.74. The molecule has 1 aromatic heterocycles. The van der Waals surface area contributed by atoms with Crippen LogP contribution in [0.5, 0.6) is 0 Å². The fraction of sp³-hybridized carbons (Fsp3) is 0.522. The monoisotopic (exact) mass is 411 g/mol. The summed E-state index contributed by atoms with van der Waals surface area (Å²) in [6.45, 7) is 2.05. The lowest BCUT2D eigenvalue weighted by Gasteiger charge is -2.23. The van der Waals surface area contributed by atoms with Gasteiger partial charge >= 0.3 is 0 Å². The molecule has 3 aliphatic rings. The van der Waals surface area contributed by atoms with Crippen LogP contribution in [-0.2, 0) is 16.6 Å². The number of nitrogens with one attached hydrogen (secondary N) is 1. The second-order valence-electron chi connectivity index (χ2n) is 8.83. The van der Waals surface area contributed by atoms with Crippen LogP contribution in [0.1, 0.15) is 44.1 Å². The normalized spacial score (nSPS) is 27.0. The van der Waals surface area contributed by atoms with Crippen LogP contribution in [0.2, 0.25) is 0 Å². The van der Waals surface area contributed by atoms with Crippen LogP contribution in [0.15, 0.2) is 47.6 Å². The van der Waals surface area contributed by atoms with E-state index in [2.05, 4.69) is 22.4 Å². The highest BCUT2D eigenvalue weighted by Gasteiger charge is 2.39. The summed E-state index contributed by atoms with van der Waals surface area (Å²) in [7, 11) is -3.54. The summed E-state index contributed by atoms with van der Waals surface area (Å²) < 4.78 is 27.7. The van der Waals surface area contributed by atoms with Crippen molar-refractivity contribution in [3.8, 4) is 11.1 Å². The highest BCUT2D eigenvalue weighted by molar-refractivity contribution is 7.89. The Bertz CT molecular complexity index is 968. The molecule has 2 heterocycles. The van der Waals surface area contributed by atoms with Crippen LogP contribution in [0.4, 0.5) is 0 Å². The van der Waals surface area contributed by atoms with Gasteiger partial charge in [-0.15, -0.1) is 0 Å². The maximum absolute atomic E-state index is 13.1. The molecule has 2 aromatic rings. The van der Waals surface area contributed by atoms with E-state index >= 15 is 0 Å². The summed E-state index contributed by atoms with van der Waals surface area (Å²) in [4.78, 5) is 4.26. The summed E-state index contributed by atoms with van der Waals surface area (Å²) in [5.74, 6) is 1.81. The zero-order valence-electron chi connectivity index (χ0n) is 16.8. The Hall–Kier alpha value is -1.76. The van der Waals surface area contributed by atoms with Crippen LogP contribution < -0.4 is 5.32 Å². The number of sulfonamides is 1. The van der Waals surface area contributed by atoms with Gasteiger partial charge in [0.25, 0.3) is 10.0 Å². The molecular formula is C23H29N3O2S. The first-order valence-corrected chi connectivity index (χ1v) is 12.3. The van der Waals surface area contributed by atoms with Crippen molar-refractivity contribution in [2.24, 2.45) is 11.8 Å². The zero-order valence-corrected chi connectivity index (χ0v) is 17.6. The molecule has 2 saturated carbocycles. The average Bonchev–Trinajstić information content (AvgIpc) is 3.51. The van der Waals surface area contributed by atoms with Crippen LogP contribution in [0.3, 0.4) is 0 Å². The van der Waals surface area contributed by atoms with Crippen molar-refractivity contribution in [1.29, 1.82) is 0 Å². The van der Waals surface area contributed by atoms with Crippen molar-refractivity contribution in [1.82, 2.24) is 14.6 Å². The Morgan fingerprint density at radius 1 is 1.03 bits per heavy atom. The standard InChI is InChI=1S/C23H29N3O2S/c27-29(28,26-12-1-2-13-26)23-21(4-3-11-24-23)19-8-5-17(6-9-19)16-25-22-15-18-7-10-20(22)14-18/h3-6,8-9,11,18,20,22,25H,1-2,7,10,12-16H2/t18-,20+,22?/m0/s1. The number of benzene rings is 1. The molecule has 5 rings (SSSR count). The molecule has 2 aliphatic carbocycles. The molecule has 2 bridgehead atoms. The van der Waals surface area contributed by atoms with E-state index in [4.69, 9.17) is 0 Å². The molecule has 6 heteroatoms. The SMILES string of the molecule is O=S(=O)(c1ncccc1-c1ccc(CNC2C[C@H]3CC[C@@H]2C3)cc1)N1CCCC1. The fourth-order valence-electron chi connectivity index (χ4n) is 5.41. The molecule has 1 aromatic carbocycles. The van der Waals surface area contributed by atoms with Gasteiger partial charge in [0.05, 0.1) is 0 Å². The first-order chi connectivity index (χ1) is 14.1. The molecule has 1 aliphatic heterocycles. The second kappa shape index (κ2) is 7.82. The molecule has 0 spiro atoms. The topological polar surface area (TPSA) is 62.3 Å². The Labute approximate surface area is 173 Å². The first kappa shape index (κ1) is 19.2. The third-order valence-electron chi connectivity index (χ3n) is 6.99. The molecule has 3 fully saturated rings. The predicted molar refractivity (Wildman–Crippen MR) is 114 cm³/mol. The summed E-state index contributed by atoms with van der Waals surface area (Å²) in [6.07, 6.45) is 8.96. The lowest BCUT2D eigenvalue weighted by atomic mass is 9.95. The number of pyridine rings is 1. The lowest BCUT2D eigenvalue weighted by Crippen LogP contribution is -2.33. The van der Waals surface area contributed by atoms with E-state index in [1.165, 1.54) is 31.2 Å². The van der Waals surface area contributed by atoms with Crippen LogP contribution >= 0.6 is 0 Å². The van der Waals surface area contributed by atoms with Crippen molar-refractivity contribution in [2.45, 2.75) is 56.1 Å². The lowest BCUT2D eigenvalue weighted by molar-refractivity contribution is 0.351. The molecule has 0 radical (unpaired) electrons. The van der Waals surface area contributed by atoms with Gasteiger partial charge in [-0.1, -0.05) is 30.7 Å². The predicted octanol–water partition coefficient (Wildman–Crippen LogP) is 3.81. The zero-order chi connectivity index (χ0) is 19.8. The summed E-state index contributed by atoms with van der Waals surface area (Å²) in [6, 6.07) is 12.6. The first-order valence-electron chi connectivity index (χ1n) is 10.9. The van der Waals surface area contributed by atoms with Crippen molar-refractivity contribution in [3.05, 3.63) is 48.2 Å². The van der Waals surface area contributed by atoms with Gasteiger partial charge in [-0.2, -0.15) is 4.31 Å². The highest BCUT2D eigenvalue weighted by Crippen LogP contribution is 2.44. The van der Waals surface area contributed by atoms with Gasteiger partial charge < -0.3 is 5.32 Å². The van der Waals surface area contributed by atoms with E-state index in [-0.39, 0.29) is 5.03 Å². The summed E-state index contributed by atoms with van der Waals surface area (Å²) in [5.41, 5.74) is 2.83. The number of nitrogens with zero attached hydrogens (tertiary/aromatic N) is 2. The molecule has 154 valence electrons. The highest BCUT2D eigenvalue weighted by atomic mass is 32.2. The Morgan fingerprint density at radius 3 is 2.52 bits per heavy atom. The molecule has 1 unspecified atom stereocenters. The van der Waals surface area contributed by atoms with Crippen molar-refractivity contribution in [2.75, 3.05) is 13.1 Å². The maximum Gasteiger partial charge on any atom is 0.261 e. The fourth-order valence-corrected chi connectivity index (χ4v) is 7.05. The minimum Gasteiger partial charge on any atom is -0.310 e. The Morgan fingerprint density at radius 2 is 1.83 bits per heavy atom. The van der Waals surface area contributed by atoms with E-state index < -0.39 is 10.0 Å². The van der Waals surface area contributed by atoms with E-state index in [1.807, 2.05) is 24.3 Å². The molecular weight excluding hydrogens is 382 g/mol. The summed E-state index contributed by atoms with van der Waals surface area (Å²) in [5, 5.41) is 3.92. The molecule has 3 atom stereocenters. The van der Waals surface area contributed by atoms with Gasteiger partial charge in [0.2, 0.25) is 0 Å². The average molecular weight is 412 g/mol. The molecule has 29 heavy (non-hydrogen) atoms. The summed E-state index contributed by atoms with van der Waals surface area (Å²) >= 11 is 0. The largest absolute Gasteiger partial charge is 0.310 e. The van der Waals surface area contributed by atoms with Gasteiger partial charge in [0.15, 0.2) is 5.03 Å². The smallest absolute Gasteiger partial charge is 0.261 e. The van der Waals surface area contributed by atoms with Crippen LogP contribution in [-0.4, -0.2) is 36.8 Å². The minimum atomic E-state index is -3.54. The molecule has 5 nitrogen and oxygen atoms in total. The Kier molecular flexibility index (Phi) is 5.18. The number of hydrogen-bond acceptors (Lipinski definition) is 4. The van der Waals surface area contributed by atoms with E-state index in [9.17, 15) is 8.42 Å².